The van der Waals surface area contributed by atoms with Gasteiger partial charge in [0.2, 0.25) is 5.69 Å². The van der Waals surface area contributed by atoms with Crippen molar-refractivity contribution in [2.45, 2.75) is 19.6 Å². The van der Waals surface area contributed by atoms with Crippen molar-refractivity contribution in [3.05, 3.63) is 64.1 Å². The lowest BCUT2D eigenvalue weighted by atomic mass is 10.0. The van der Waals surface area contributed by atoms with Gasteiger partial charge in [0.05, 0.1) is 5.56 Å². The maximum Gasteiger partial charge on any atom is 0.242 e. The van der Waals surface area contributed by atoms with Gasteiger partial charge in [0.25, 0.3) is 0 Å². The fourth-order valence-electron chi connectivity index (χ4n) is 2.20. The van der Waals surface area contributed by atoms with E-state index >= 15 is 0 Å². The van der Waals surface area contributed by atoms with Crippen LogP contribution in [0.3, 0.4) is 0 Å². The van der Waals surface area contributed by atoms with E-state index in [2.05, 4.69) is 4.99 Å². The first kappa shape index (κ1) is 12.9. The molecular weight excluding hydrogens is 276 g/mol. The van der Waals surface area contributed by atoms with Gasteiger partial charge >= 0.3 is 0 Å². The van der Waals surface area contributed by atoms with E-state index < -0.39 is 5.72 Å². The van der Waals surface area contributed by atoms with Gasteiger partial charge < -0.3 is 9.94 Å². The first-order valence-electron chi connectivity index (χ1n) is 6.24. The quantitative estimate of drug-likeness (QED) is 0.598. The predicted octanol–water partition coefficient (Wildman–Crippen LogP) is 2.94. The van der Waals surface area contributed by atoms with Gasteiger partial charge in [-0.05, 0) is 38.1 Å². The van der Waals surface area contributed by atoms with E-state index in [9.17, 15) is 5.21 Å². The monoisotopic (exact) mass is 288 g/mol. The molecule has 3 rings (SSSR count). The van der Waals surface area contributed by atoms with Crippen LogP contribution >= 0.6 is 11.6 Å². The summed E-state index contributed by atoms with van der Waals surface area (Å²) < 4.78 is 6.60. The minimum atomic E-state index is -0.723. The van der Waals surface area contributed by atoms with Crippen molar-refractivity contribution in [2.24, 2.45) is 4.99 Å². The maximum atomic E-state index is 12.0. The van der Waals surface area contributed by atoms with Crippen LogP contribution in [-0.2, 0) is 0 Å². The summed E-state index contributed by atoms with van der Waals surface area (Å²) in [6.45, 7) is 3.70. The lowest BCUT2D eigenvalue weighted by molar-refractivity contribution is -0.606. The zero-order chi connectivity index (χ0) is 14.3. The summed E-state index contributed by atoms with van der Waals surface area (Å²) in [6, 6.07) is 10.5. The third kappa shape index (κ3) is 2.23. The van der Waals surface area contributed by atoms with Gasteiger partial charge in [-0.1, -0.05) is 11.6 Å². The van der Waals surface area contributed by atoms with Crippen LogP contribution in [0.5, 0.6) is 5.75 Å². The van der Waals surface area contributed by atoms with E-state index in [1.165, 1.54) is 6.20 Å². The Kier molecular flexibility index (Phi) is 2.91. The fourth-order valence-corrected chi connectivity index (χ4v) is 2.38. The molecule has 0 aliphatic carbocycles. The second kappa shape index (κ2) is 4.49. The number of pyridine rings is 1. The van der Waals surface area contributed by atoms with Crippen LogP contribution in [0.15, 0.2) is 47.6 Å². The van der Waals surface area contributed by atoms with Gasteiger partial charge in [-0.3, -0.25) is 0 Å². The van der Waals surface area contributed by atoms with Crippen LogP contribution in [0.25, 0.3) is 0 Å². The first-order valence-corrected chi connectivity index (χ1v) is 6.61. The molecule has 0 spiro atoms. The highest BCUT2D eigenvalue weighted by Crippen LogP contribution is 2.33. The lowest BCUT2D eigenvalue weighted by Gasteiger charge is -2.29. The minimum Gasteiger partial charge on any atom is -0.618 e. The molecule has 0 atom stereocenters. The third-order valence-corrected chi connectivity index (χ3v) is 3.24. The molecule has 20 heavy (non-hydrogen) atoms. The molecule has 1 aromatic carbocycles. The van der Waals surface area contributed by atoms with E-state index in [0.717, 1.165) is 10.3 Å². The molecule has 2 heterocycles. The van der Waals surface area contributed by atoms with Crippen LogP contribution in [0.1, 0.15) is 25.1 Å². The molecule has 102 valence electrons. The molecule has 0 unspecified atom stereocenters. The number of benzene rings is 1. The van der Waals surface area contributed by atoms with E-state index in [-0.39, 0.29) is 0 Å². The summed E-state index contributed by atoms with van der Waals surface area (Å²) in [4.78, 5) is 4.54. The Hall–Kier alpha value is -2.07. The Morgan fingerprint density at radius 2 is 2.05 bits per heavy atom. The van der Waals surface area contributed by atoms with Gasteiger partial charge in [0.15, 0.2) is 11.9 Å². The Labute approximate surface area is 121 Å². The lowest BCUT2D eigenvalue weighted by Crippen LogP contribution is -2.39. The van der Waals surface area contributed by atoms with Crippen molar-refractivity contribution < 1.29 is 9.47 Å². The summed E-state index contributed by atoms with van der Waals surface area (Å²) >= 11 is 6.04. The summed E-state index contributed by atoms with van der Waals surface area (Å²) in [6.07, 6.45) is 1.45. The number of rotatable bonds is 1. The van der Waals surface area contributed by atoms with Crippen molar-refractivity contribution in [3.8, 4) is 5.75 Å². The van der Waals surface area contributed by atoms with Crippen molar-refractivity contribution in [1.82, 2.24) is 0 Å². The maximum absolute atomic E-state index is 12.0. The van der Waals surface area contributed by atoms with Gasteiger partial charge in [-0.15, -0.1) is 0 Å². The number of aromatic nitrogens is 1. The van der Waals surface area contributed by atoms with Crippen molar-refractivity contribution in [1.29, 1.82) is 0 Å². The normalized spacial score (nSPS) is 16.1. The summed E-state index contributed by atoms with van der Waals surface area (Å²) in [5.41, 5.74) is 1.08. The highest BCUT2D eigenvalue weighted by Gasteiger charge is 2.31. The number of hydrogen-bond acceptors (Lipinski definition) is 3. The molecule has 1 aromatic heterocycles. The molecule has 0 fully saturated rings. The highest BCUT2D eigenvalue weighted by atomic mass is 35.5. The second-order valence-electron chi connectivity index (χ2n) is 5.06. The molecule has 1 aliphatic heterocycles. The zero-order valence-corrected chi connectivity index (χ0v) is 11.9. The third-order valence-electron chi connectivity index (χ3n) is 3.00. The molecule has 0 saturated carbocycles. The van der Waals surface area contributed by atoms with Crippen molar-refractivity contribution >= 4 is 17.3 Å². The van der Waals surface area contributed by atoms with Crippen LogP contribution in [0.2, 0.25) is 5.02 Å². The standard InChI is InChI=1S/C15H13ClN2O2/c1-15(2)17-14(12-5-3-4-8-18(12)19)11-9-10(16)6-7-13(11)20-15/h3-9H,1-2H3. The SMILES string of the molecule is CC1(C)N=C(c2cccc[n+]2[O-])c2cc(Cl)ccc2O1. The summed E-state index contributed by atoms with van der Waals surface area (Å²) in [7, 11) is 0. The van der Waals surface area contributed by atoms with E-state index in [1.807, 2.05) is 13.8 Å². The average Bonchev–Trinajstić information content (AvgIpc) is 2.38. The number of hydrogen-bond donors (Lipinski definition) is 0. The second-order valence-corrected chi connectivity index (χ2v) is 5.50. The van der Waals surface area contributed by atoms with Gasteiger partial charge in [0, 0.05) is 17.2 Å². The molecule has 1 aliphatic rings. The number of fused-ring (bicyclic) bond motifs is 1. The van der Waals surface area contributed by atoms with Gasteiger partial charge in [0.1, 0.15) is 11.5 Å². The number of ether oxygens (including phenoxy) is 1. The van der Waals surface area contributed by atoms with Crippen LogP contribution in [-0.4, -0.2) is 11.4 Å². The number of nitrogens with zero attached hydrogens (tertiary/aromatic N) is 2. The van der Waals surface area contributed by atoms with Crippen LogP contribution in [0, 0.1) is 5.21 Å². The fraction of sp³-hybridized carbons (Fsp3) is 0.200. The number of halogens is 1. The minimum absolute atomic E-state index is 0.479. The molecule has 0 amide bonds. The molecule has 2 aromatic rings. The Morgan fingerprint density at radius 1 is 1.25 bits per heavy atom. The van der Waals surface area contributed by atoms with E-state index in [1.54, 1.807) is 36.4 Å². The summed E-state index contributed by atoms with van der Waals surface area (Å²) in [5.74, 6) is 0.674. The Morgan fingerprint density at radius 3 is 2.80 bits per heavy atom. The molecule has 4 nitrogen and oxygen atoms in total. The van der Waals surface area contributed by atoms with Gasteiger partial charge in [-0.2, -0.15) is 4.73 Å². The van der Waals surface area contributed by atoms with Gasteiger partial charge in [-0.25, -0.2) is 4.99 Å². The average molecular weight is 289 g/mol. The topological polar surface area (TPSA) is 48.5 Å². The molecule has 5 heteroatoms. The zero-order valence-electron chi connectivity index (χ0n) is 11.1. The molecule has 0 N–H and O–H groups in total. The molecule has 0 radical (unpaired) electrons. The number of aliphatic imine (C=N–C) groups is 1. The summed E-state index contributed by atoms with van der Waals surface area (Å²) in [5, 5.41) is 12.6. The predicted molar refractivity (Wildman–Crippen MR) is 77.2 cm³/mol. The largest absolute Gasteiger partial charge is 0.618 e. The molecule has 0 bridgehead atoms. The molecular formula is C15H13ClN2O2. The van der Waals surface area contributed by atoms with E-state index in [0.29, 0.717) is 22.2 Å². The van der Waals surface area contributed by atoms with Crippen molar-refractivity contribution in [2.75, 3.05) is 0 Å². The Bertz CT molecular complexity index is 711. The van der Waals surface area contributed by atoms with Crippen LogP contribution in [0.4, 0.5) is 0 Å². The Balaban J connectivity index is 2.25. The van der Waals surface area contributed by atoms with E-state index in [4.69, 9.17) is 16.3 Å². The van der Waals surface area contributed by atoms with Crippen LogP contribution < -0.4 is 9.47 Å². The van der Waals surface area contributed by atoms with Crippen molar-refractivity contribution in [3.63, 3.8) is 0 Å². The molecule has 0 saturated heterocycles. The smallest absolute Gasteiger partial charge is 0.242 e. The first-order chi connectivity index (χ1) is 9.46. The highest BCUT2D eigenvalue weighted by molar-refractivity contribution is 6.31.